The SMILES string of the molecule is COCCCCCC(=O)CO[P+](=O)O. The molecule has 0 fully saturated rings. The van der Waals surface area contributed by atoms with Crippen molar-refractivity contribution < 1.29 is 23.5 Å². The van der Waals surface area contributed by atoms with Crippen molar-refractivity contribution in [3.8, 4) is 0 Å². The average Bonchev–Trinajstić information content (AvgIpc) is 2.14. The Balaban J connectivity index is 3.22. The standard InChI is InChI=1S/C8H15O5P/c1-12-6-4-2-3-5-8(9)7-13-14(10)11/h2-7H2,1H3/p+1. The maximum atomic E-state index is 11.0. The fourth-order valence-electron chi connectivity index (χ4n) is 0.945. The second-order valence-electron chi connectivity index (χ2n) is 2.85. The molecule has 0 bridgehead atoms. The minimum absolute atomic E-state index is 0.139. The molecule has 1 unspecified atom stereocenters. The molecule has 0 aromatic carbocycles. The first-order valence-electron chi connectivity index (χ1n) is 4.46. The summed E-state index contributed by atoms with van der Waals surface area (Å²) in [5, 5.41) is 0. The molecule has 0 saturated carbocycles. The first-order valence-corrected chi connectivity index (χ1v) is 5.59. The van der Waals surface area contributed by atoms with Crippen LogP contribution in [-0.2, 0) is 18.6 Å². The summed E-state index contributed by atoms with van der Waals surface area (Å²) in [4.78, 5) is 19.2. The highest BCUT2D eigenvalue weighted by Crippen LogP contribution is 2.14. The number of ketones is 1. The minimum Gasteiger partial charge on any atom is -0.385 e. The van der Waals surface area contributed by atoms with Gasteiger partial charge in [-0.3, -0.25) is 4.79 Å². The Hall–Kier alpha value is -0.350. The third-order valence-electron chi connectivity index (χ3n) is 1.64. The summed E-state index contributed by atoms with van der Waals surface area (Å²) in [6, 6.07) is 0. The molecule has 0 saturated heterocycles. The summed E-state index contributed by atoms with van der Waals surface area (Å²) in [7, 11) is -1.01. The van der Waals surface area contributed by atoms with Crippen LogP contribution in [0.1, 0.15) is 25.7 Å². The van der Waals surface area contributed by atoms with Crippen LogP contribution in [0.15, 0.2) is 0 Å². The lowest BCUT2D eigenvalue weighted by atomic mass is 10.1. The molecule has 14 heavy (non-hydrogen) atoms. The fourth-order valence-corrected chi connectivity index (χ4v) is 1.20. The second-order valence-corrected chi connectivity index (χ2v) is 3.59. The fraction of sp³-hybridized carbons (Fsp3) is 0.875. The molecular formula is C8H16O5P+. The number of carbonyl (C=O) groups is 1. The molecule has 0 spiro atoms. The van der Waals surface area contributed by atoms with E-state index in [-0.39, 0.29) is 12.4 Å². The van der Waals surface area contributed by atoms with Crippen LogP contribution in [0, 0.1) is 0 Å². The molecular weight excluding hydrogens is 207 g/mol. The summed E-state index contributed by atoms with van der Waals surface area (Å²) >= 11 is 0. The number of hydrogen-bond donors (Lipinski definition) is 1. The zero-order chi connectivity index (χ0) is 10.8. The molecule has 82 valence electrons. The van der Waals surface area contributed by atoms with Gasteiger partial charge in [0.2, 0.25) is 0 Å². The largest absolute Gasteiger partial charge is 0.695 e. The smallest absolute Gasteiger partial charge is 0.385 e. The lowest BCUT2D eigenvalue weighted by Gasteiger charge is -1.98. The van der Waals surface area contributed by atoms with E-state index in [2.05, 4.69) is 4.52 Å². The van der Waals surface area contributed by atoms with Crippen molar-refractivity contribution in [3.05, 3.63) is 0 Å². The number of methoxy groups -OCH3 is 1. The number of rotatable bonds is 9. The van der Waals surface area contributed by atoms with Crippen LogP contribution >= 0.6 is 8.25 Å². The molecule has 1 atom stereocenters. The van der Waals surface area contributed by atoms with Crippen LogP contribution in [0.3, 0.4) is 0 Å². The van der Waals surface area contributed by atoms with Crippen molar-refractivity contribution in [2.45, 2.75) is 25.7 Å². The van der Waals surface area contributed by atoms with Crippen LogP contribution < -0.4 is 0 Å². The van der Waals surface area contributed by atoms with Gasteiger partial charge in [0.05, 0.1) is 0 Å². The maximum absolute atomic E-state index is 11.0. The quantitative estimate of drug-likeness (QED) is 0.472. The molecule has 0 rings (SSSR count). The van der Waals surface area contributed by atoms with Crippen LogP contribution in [0.4, 0.5) is 0 Å². The van der Waals surface area contributed by atoms with E-state index in [1.54, 1.807) is 7.11 Å². The molecule has 0 amide bonds. The highest BCUT2D eigenvalue weighted by Gasteiger charge is 2.14. The normalized spacial score (nSPS) is 11.4. The predicted octanol–water partition coefficient (Wildman–Crippen LogP) is 1.43. The Kier molecular flexibility index (Phi) is 8.98. The first-order chi connectivity index (χ1) is 6.66. The third kappa shape index (κ3) is 9.74. The van der Waals surface area contributed by atoms with Crippen LogP contribution in [0.25, 0.3) is 0 Å². The van der Waals surface area contributed by atoms with Gasteiger partial charge in [0.25, 0.3) is 0 Å². The van der Waals surface area contributed by atoms with Crippen molar-refractivity contribution in [2.75, 3.05) is 20.3 Å². The van der Waals surface area contributed by atoms with Gasteiger partial charge in [-0.2, -0.15) is 0 Å². The van der Waals surface area contributed by atoms with Crippen molar-refractivity contribution in [3.63, 3.8) is 0 Å². The molecule has 0 aromatic rings. The van der Waals surface area contributed by atoms with E-state index in [0.717, 1.165) is 19.3 Å². The van der Waals surface area contributed by atoms with E-state index in [0.29, 0.717) is 13.0 Å². The monoisotopic (exact) mass is 223 g/mol. The number of Topliss-reactive ketones (excluding diaryl/α,β-unsaturated/α-hetero) is 1. The van der Waals surface area contributed by atoms with Gasteiger partial charge in [0.15, 0.2) is 12.4 Å². The highest BCUT2D eigenvalue weighted by molar-refractivity contribution is 7.32. The number of carbonyl (C=O) groups excluding carboxylic acids is 1. The van der Waals surface area contributed by atoms with E-state index in [1.807, 2.05) is 0 Å². The topological polar surface area (TPSA) is 72.8 Å². The first kappa shape index (κ1) is 13.7. The lowest BCUT2D eigenvalue weighted by Crippen LogP contribution is -2.05. The molecule has 6 heteroatoms. The lowest BCUT2D eigenvalue weighted by molar-refractivity contribution is -0.121. The van der Waals surface area contributed by atoms with Gasteiger partial charge in [-0.15, -0.1) is 9.42 Å². The molecule has 5 nitrogen and oxygen atoms in total. The number of unbranched alkanes of at least 4 members (excludes halogenated alkanes) is 2. The zero-order valence-corrected chi connectivity index (χ0v) is 9.16. The predicted molar refractivity (Wildman–Crippen MR) is 51.1 cm³/mol. The van der Waals surface area contributed by atoms with E-state index < -0.39 is 8.25 Å². The van der Waals surface area contributed by atoms with E-state index in [9.17, 15) is 9.36 Å². The minimum atomic E-state index is -2.65. The van der Waals surface area contributed by atoms with Gasteiger partial charge in [-0.25, -0.2) is 0 Å². The molecule has 0 aliphatic carbocycles. The average molecular weight is 223 g/mol. The zero-order valence-electron chi connectivity index (χ0n) is 8.27. The molecule has 0 aliphatic rings. The molecule has 0 radical (unpaired) electrons. The van der Waals surface area contributed by atoms with Crippen LogP contribution in [0.2, 0.25) is 0 Å². The van der Waals surface area contributed by atoms with Gasteiger partial charge in [0.1, 0.15) is 0 Å². The van der Waals surface area contributed by atoms with Crippen LogP contribution in [0.5, 0.6) is 0 Å². The maximum Gasteiger partial charge on any atom is 0.695 e. The molecule has 0 aliphatic heterocycles. The molecule has 0 aromatic heterocycles. The van der Waals surface area contributed by atoms with Gasteiger partial charge in [0, 0.05) is 24.7 Å². The Morgan fingerprint density at radius 2 is 2.07 bits per heavy atom. The Morgan fingerprint density at radius 1 is 1.36 bits per heavy atom. The highest BCUT2D eigenvalue weighted by atomic mass is 31.1. The van der Waals surface area contributed by atoms with Crippen molar-refractivity contribution in [1.29, 1.82) is 0 Å². The summed E-state index contributed by atoms with van der Waals surface area (Å²) in [5.41, 5.74) is 0. The molecule has 0 heterocycles. The number of hydrogen-bond acceptors (Lipinski definition) is 4. The summed E-state index contributed by atoms with van der Waals surface area (Å²) in [6.45, 7) is 0.434. The number of ether oxygens (including phenoxy) is 1. The van der Waals surface area contributed by atoms with Crippen molar-refractivity contribution >= 4 is 14.0 Å². The van der Waals surface area contributed by atoms with Gasteiger partial charge < -0.3 is 4.74 Å². The molecule has 1 N–H and O–H groups in total. The summed E-state index contributed by atoms with van der Waals surface area (Å²) in [5.74, 6) is -0.139. The van der Waals surface area contributed by atoms with Gasteiger partial charge in [-0.05, 0) is 12.8 Å². The third-order valence-corrected chi connectivity index (χ3v) is 1.99. The van der Waals surface area contributed by atoms with Crippen LogP contribution in [-0.4, -0.2) is 31.0 Å². The van der Waals surface area contributed by atoms with Gasteiger partial charge in [-0.1, -0.05) is 6.42 Å². The summed E-state index contributed by atoms with van der Waals surface area (Å²) in [6.07, 6.45) is 3.02. The second kappa shape index (κ2) is 9.21. The van der Waals surface area contributed by atoms with Crippen molar-refractivity contribution in [1.82, 2.24) is 0 Å². The Bertz CT molecular complexity index is 183. The van der Waals surface area contributed by atoms with Crippen molar-refractivity contribution in [2.24, 2.45) is 0 Å². The Morgan fingerprint density at radius 3 is 2.64 bits per heavy atom. The van der Waals surface area contributed by atoms with E-state index in [1.165, 1.54) is 0 Å². The van der Waals surface area contributed by atoms with E-state index in [4.69, 9.17) is 9.63 Å². The van der Waals surface area contributed by atoms with E-state index >= 15 is 0 Å². The summed E-state index contributed by atoms with van der Waals surface area (Å²) < 4.78 is 19.2. The Labute approximate surface area is 84.4 Å². The van der Waals surface area contributed by atoms with Gasteiger partial charge >= 0.3 is 8.25 Å².